The van der Waals surface area contributed by atoms with Crippen LogP contribution in [0.5, 0.6) is 5.75 Å². The number of hydrogen-bond acceptors (Lipinski definition) is 7. The van der Waals surface area contributed by atoms with Crippen LogP contribution >= 0.6 is 11.3 Å². The summed E-state index contributed by atoms with van der Waals surface area (Å²) in [7, 11) is 1.45. The molecule has 3 heterocycles. The normalized spacial score (nSPS) is 19.2. The number of piperidine rings is 1. The van der Waals surface area contributed by atoms with E-state index in [4.69, 9.17) is 9.47 Å². The molecular formula is C36H41FN4O5S. The lowest BCUT2D eigenvalue weighted by atomic mass is 9.75. The van der Waals surface area contributed by atoms with Crippen molar-refractivity contribution >= 4 is 39.9 Å². The summed E-state index contributed by atoms with van der Waals surface area (Å²) < 4.78 is 25.6. The number of methoxy groups -OCH3 is 1. The summed E-state index contributed by atoms with van der Waals surface area (Å²) in [6.45, 7) is 7.32. The monoisotopic (exact) mass is 660 g/mol. The zero-order valence-electron chi connectivity index (χ0n) is 27.3. The van der Waals surface area contributed by atoms with Gasteiger partial charge >= 0.3 is 6.09 Å². The Labute approximate surface area is 278 Å². The number of anilines is 1. The largest absolute Gasteiger partial charge is 0.496 e. The number of thiazole rings is 1. The molecule has 9 nitrogen and oxygen atoms in total. The summed E-state index contributed by atoms with van der Waals surface area (Å²) >= 11 is 1.26. The van der Waals surface area contributed by atoms with E-state index in [0.29, 0.717) is 28.3 Å². The van der Waals surface area contributed by atoms with Gasteiger partial charge in [-0.15, -0.1) is 11.3 Å². The highest BCUT2D eigenvalue weighted by Crippen LogP contribution is 2.41. The van der Waals surface area contributed by atoms with Crippen LogP contribution in [0.3, 0.4) is 0 Å². The standard InChI is InChI=1S/C36H41FN4O5S/c1-36(2,3)46-35(44)40-16-13-24(14-17-40)22-5-7-23(8-6-22)25-9-10-26-21-41(33(43)28(26)19-25)31(32(42)39-34-38-15-18-47-34)29-20-27(37)11-12-30(29)45-4/h7,9-12,15,18-20,22,24,31H,5-6,8,13-14,16-17,21H2,1-4H3,(H,38,39,42). The lowest BCUT2D eigenvalue weighted by Crippen LogP contribution is -2.42. The van der Waals surface area contributed by atoms with Gasteiger partial charge in [-0.2, -0.15) is 0 Å². The SMILES string of the molecule is COc1ccc(F)cc1C(C(=O)Nc1nccs1)N1Cc2ccc(C3=CCC(C4CCN(C(=O)OC(C)(C)C)CC4)CC3)cc2C1=O. The summed E-state index contributed by atoms with van der Waals surface area (Å²) in [5.41, 5.74) is 3.35. The third-order valence-electron chi connectivity index (χ3n) is 9.33. The van der Waals surface area contributed by atoms with Crippen LogP contribution < -0.4 is 10.1 Å². The van der Waals surface area contributed by atoms with Crippen LogP contribution in [0, 0.1) is 17.7 Å². The molecule has 0 saturated carbocycles. The van der Waals surface area contributed by atoms with Gasteiger partial charge in [-0.1, -0.05) is 18.2 Å². The number of nitrogens with zero attached hydrogens (tertiary/aromatic N) is 3. The highest BCUT2D eigenvalue weighted by atomic mass is 32.1. The molecule has 248 valence electrons. The van der Waals surface area contributed by atoms with Crippen molar-refractivity contribution in [3.05, 3.63) is 82.1 Å². The number of amides is 3. The number of likely N-dealkylation sites (tertiary alicyclic amines) is 1. The van der Waals surface area contributed by atoms with E-state index in [1.165, 1.54) is 47.1 Å². The molecule has 3 aromatic rings. The molecule has 0 bridgehead atoms. The molecule has 3 aliphatic rings. The number of fused-ring (bicyclic) bond motifs is 1. The highest BCUT2D eigenvalue weighted by Gasteiger charge is 2.40. The zero-order valence-corrected chi connectivity index (χ0v) is 28.1. The second kappa shape index (κ2) is 13.5. The highest BCUT2D eigenvalue weighted by molar-refractivity contribution is 7.13. The van der Waals surface area contributed by atoms with Gasteiger partial charge in [-0.3, -0.25) is 14.9 Å². The average Bonchev–Trinajstić information content (AvgIpc) is 3.68. The van der Waals surface area contributed by atoms with Crippen LogP contribution in [0.2, 0.25) is 0 Å². The van der Waals surface area contributed by atoms with E-state index in [1.807, 2.05) is 37.8 Å². The predicted molar refractivity (Wildman–Crippen MR) is 179 cm³/mol. The quantitative estimate of drug-likeness (QED) is 0.283. The number of halogens is 1. The molecule has 0 radical (unpaired) electrons. The maximum atomic E-state index is 14.5. The number of carbonyl (C=O) groups excluding carboxylic acids is 3. The van der Waals surface area contributed by atoms with E-state index in [0.717, 1.165) is 56.3 Å². The molecule has 2 aromatic carbocycles. The van der Waals surface area contributed by atoms with E-state index in [-0.39, 0.29) is 24.1 Å². The first-order chi connectivity index (χ1) is 22.5. The Balaban J connectivity index is 1.16. The fourth-order valence-electron chi connectivity index (χ4n) is 6.98. The molecule has 1 aromatic heterocycles. The number of benzene rings is 2. The van der Waals surface area contributed by atoms with Crippen molar-refractivity contribution in [1.82, 2.24) is 14.8 Å². The second-order valence-corrected chi connectivity index (χ2v) is 14.4. The topological polar surface area (TPSA) is 101 Å². The number of hydrogen-bond donors (Lipinski definition) is 1. The molecule has 2 unspecified atom stereocenters. The van der Waals surface area contributed by atoms with Crippen LogP contribution in [0.25, 0.3) is 5.57 Å². The minimum Gasteiger partial charge on any atom is -0.496 e. The molecule has 47 heavy (non-hydrogen) atoms. The van der Waals surface area contributed by atoms with Gasteiger partial charge in [0.05, 0.1) is 7.11 Å². The van der Waals surface area contributed by atoms with Crippen molar-refractivity contribution < 1.29 is 28.2 Å². The second-order valence-electron chi connectivity index (χ2n) is 13.5. The summed E-state index contributed by atoms with van der Waals surface area (Å²) in [6, 6.07) is 8.78. The molecule has 2 atom stereocenters. The third-order valence-corrected chi connectivity index (χ3v) is 10.0. The van der Waals surface area contributed by atoms with Crippen molar-refractivity contribution in [2.45, 2.75) is 71.1 Å². The molecule has 1 fully saturated rings. The Hall–Kier alpha value is -4.25. The summed E-state index contributed by atoms with van der Waals surface area (Å²) in [4.78, 5) is 47.6. The first kappa shape index (κ1) is 32.7. The van der Waals surface area contributed by atoms with E-state index in [1.54, 1.807) is 11.6 Å². The smallest absolute Gasteiger partial charge is 0.410 e. The molecule has 2 aliphatic heterocycles. The van der Waals surface area contributed by atoms with Crippen LogP contribution in [0.1, 0.15) is 86.0 Å². The molecule has 1 saturated heterocycles. The van der Waals surface area contributed by atoms with Crippen molar-refractivity contribution in [2.75, 3.05) is 25.5 Å². The Kier molecular flexibility index (Phi) is 9.36. The van der Waals surface area contributed by atoms with Crippen LogP contribution in [-0.2, 0) is 16.1 Å². The van der Waals surface area contributed by atoms with Crippen molar-refractivity contribution in [3.63, 3.8) is 0 Å². The van der Waals surface area contributed by atoms with Gasteiger partial charge in [0, 0.05) is 42.3 Å². The fourth-order valence-corrected chi connectivity index (χ4v) is 7.52. The molecule has 6 rings (SSSR count). The van der Waals surface area contributed by atoms with Gasteiger partial charge in [0.2, 0.25) is 0 Å². The molecule has 11 heteroatoms. The number of aromatic nitrogens is 1. The van der Waals surface area contributed by atoms with Gasteiger partial charge in [0.25, 0.3) is 11.8 Å². The lowest BCUT2D eigenvalue weighted by molar-refractivity contribution is -0.120. The van der Waals surface area contributed by atoms with Gasteiger partial charge in [0.15, 0.2) is 5.13 Å². The van der Waals surface area contributed by atoms with Gasteiger partial charge in [-0.25, -0.2) is 14.2 Å². The van der Waals surface area contributed by atoms with Crippen molar-refractivity contribution in [1.29, 1.82) is 0 Å². The van der Waals surface area contributed by atoms with Gasteiger partial charge < -0.3 is 19.3 Å². The minimum absolute atomic E-state index is 0.202. The molecular weight excluding hydrogens is 619 g/mol. The summed E-state index contributed by atoms with van der Waals surface area (Å²) in [5.74, 6) is 0.114. The number of carbonyl (C=O) groups is 3. The maximum Gasteiger partial charge on any atom is 0.410 e. The van der Waals surface area contributed by atoms with Gasteiger partial charge in [0.1, 0.15) is 23.2 Å². The van der Waals surface area contributed by atoms with E-state index >= 15 is 0 Å². The van der Waals surface area contributed by atoms with E-state index in [2.05, 4.69) is 22.4 Å². The number of nitrogens with one attached hydrogen (secondary N) is 1. The first-order valence-electron chi connectivity index (χ1n) is 16.2. The minimum atomic E-state index is -1.13. The molecule has 0 spiro atoms. The van der Waals surface area contributed by atoms with Crippen LogP contribution in [0.4, 0.5) is 14.3 Å². The number of ether oxygens (including phenoxy) is 2. The number of rotatable bonds is 7. The van der Waals surface area contributed by atoms with Crippen LogP contribution in [0.15, 0.2) is 54.1 Å². The van der Waals surface area contributed by atoms with Crippen molar-refractivity contribution in [2.24, 2.45) is 11.8 Å². The predicted octanol–water partition coefficient (Wildman–Crippen LogP) is 7.46. The van der Waals surface area contributed by atoms with Crippen LogP contribution in [-0.4, -0.2) is 58.5 Å². The Morgan fingerprint density at radius 2 is 1.87 bits per heavy atom. The lowest BCUT2D eigenvalue weighted by Gasteiger charge is -2.37. The molecule has 1 N–H and O–H groups in total. The number of allylic oxidation sites excluding steroid dienone is 2. The molecule has 1 aliphatic carbocycles. The summed E-state index contributed by atoms with van der Waals surface area (Å²) in [5, 5.41) is 4.91. The Morgan fingerprint density at radius 1 is 1.09 bits per heavy atom. The summed E-state index contributed by atoms with van der Waals surface area (Å²) in [6.07, 6.45) is 8.53. The van der Waals surface area contributed by atoms with Gasteiger partial charge in [-0.05, 0) is 106 Å². The third kappa shape index (κ3) is 7.20. The Bertz CT molecular complexity index is 1680. The maximum absolute atomic E-state index is 14.5. The Morgan fingerprint density at radius 3 is 2.53 bits per heavy atom. The fraction of sp³-hybridized carbons (Fsp3) is 0.444. The van der Waals surface area contributed by atoms with E-state index < -0.39 is 23.4 Å². The van der Waals surface area contributed by atoms with E-state index in [9.17, 15) is 18.8 Å². The zero-order chi connectivity index (χ0) is 33.3. The average molecular weight is 661 g/mol. The van der Waals surface area contributed by atoms with Crippen molar-refractivity contribution in [3.8, 4) is 5.75 Å². The molecule has 3 amide bonds. The first-order valence-corrected chi connectivity index (χ1v) is 17.0.